The van der Waals surface area contributed by atoms with Gasteiger partial charge in [0.2, 0.25) is 0 Å². The number of hydrogen-bond donors (Lipinski definition) is 1. The van der Waals surface area contributed by atoms with Crippen LogP contribution < -0.4 is 5.32 Å². The minimum atomic E-state index is -0.172. The molecule has 2 rings (SSSR count). The van der Waals surface area contributed by atoms with Gasteiger partial charge in [0.1, 0.15) is 0 Å². The highest BCUT2D eigenvalue weighted by atomic mass is 19.1. The zero-order valence-corrected chi connectivity index (χ0v) is 9.71. The fraction of sp³-hybridized carbons (Fsp3) is 1.00. The predicted molar refractivity (Wildman–Crippen MR) is 60.8 cm³/mol. The molecule has 1 saturated carbocycles. The van der Waals surface area contributed by atoms with Crippen molar-refractivity contribution in [3.63, 3.8) is 0 Å². The summed E-state index contributed by atoms with van der Waals surface area (Å²) in [5.74, 6) is 0.913. The first-order valence-corrected chi connectivity index (χ1v) is 6.38. The zero-order valence-electron chi connectivity index (χ0n) is 9.71. The summed E-state index contributed by atoms with van der Waals surface area (Å²) in [6, 6.07) is 1.32. The normalized spacial score (nSPS) is 33.2. The van der Waals surface area contributed by atoms with Crippen molar-refractivity contribution in [2.24, 2.45) is 5.92 Å². The van der Waals surface area contributed by atoms with Crippen molar-refractivity contribution in [1.82, 2.24) is 10.2 Å². The van der Waals surface area contributed by atoms with Gasteiger partial charge in [-0.15, -0.1) is 0 Å². The van der Waals surface area contributed by atoms with Crippen LogP contribution in [0.25, 0.3) is 0 Å². The lowest BCUT2D eigenvalue weighted by Crippen LogP contribution is -2.57. The SMILES string of the molecule is CCC1CNC(C2CC2)CN1CCCF. The molecule has 1 heterocycles. The van der Waals surface area contributed by atoms with E-state index in [0.29, 0.717) is 18.5 Å². The molecule has 2 fully saturated rings. The van der Waals surface area contributed by atoms with Crippen LogP contribution in [0.4, 0.5) is 4.39 Å². The quantitative estimate of drug-likeness (QED) is 0.751. The number of nitrogens with zero attached hydrogens (tertiary/aromatic N) is 1. The molecule has 0 aromatic rings. The molecule has 2 unspecified atom stereocenters. The van der Waals surface area contributed by atoms with Crippen molar-refractivity contribution in [3.05, 3.63) is 0 Å². The summed E-state index contributed by atoms with van der Waals surface area (Å²) >= 11 is 0. The van der Waals surface area contributed by atoms with Crippen LogP contribution in [-0.2, 0) is 0 Å². The average Bonchev–Trinajstić information content (AvgIpc) is 3.09. The highest BCUT2D eigenvalue weighted by Gasteiger charge is 2.36. The van der Waals surface area contributed by atoms with Crippen molar-refractivity contribution in [2.75, 3.05) is 26.3 Å². The number of halogens is 1. The van der Waals surface area contributed by atoms with Gasteiger partial charge >= 0.3 is 0 Å². The first-order chi connectivity index (χ1) is 7.35. The third kappa shape index (κ3) is 2.91. The maximum Gasteiger partial charge on any atom is 0.0906 e. The molecule has 1 aliphatic carbocycles. The van der Waals surface area contributed by atoms with Gasteiger partial charge < -0.3 is 5.32 Å². The van der Waals surface area contributed by atoms with Crippen LogP contribution in [0.5, 0.6) is 0 Å². The number of piperazine rings is 1. The Morgan fingerprint density at radius 3 is 2.80 bits per heavy atom. The van der Waals surface area contributed by atoms with Crippen molar-refractivity contribution in [3.8, 4) is 0 Å². The third-order valence-corrected chi connectivity index (χ3v) is 3.80. The lowest BCUT2D eigenvalue weighted by atomic mass is 10.0. The Bertz CT molecular complexity index is 194. The van der Waals surface area contributed by atoms with Crippen LogP contribution in [0, 0.1) is 5.92 Å². The van der Waals surface area contributed by atoms with E-state index in [1.165, 1.54) is 19.3 Å². The lowest BCUT2D eigenvalue weighted by molar-refractivity contribution is 0.115. The van der Waals surface area contributed by atoms with E-state index < -0.39 is 0 Å². The maximum atomic E-state index is 12.2. The second-order valence-corrected chi connectivity index (χ2v) is 4.95. The van der Waals surface area contributed by atoms with Crippen LogP contribution in [0.1, 0.15) is 32.6 Å². The summed E-state index contributed by atoms with van der Waals surface area (Å²) in [5, 5.41) is 3.65. The van der Waals surface area contributed by atoms with Gasteiger partial charge in [-0.25, -0.2) is 0 Å². The Balaban J connectivity index is 1.83. The van der Waals surface area contributed by atoms with E-state index in [-0.39, 0.29) is 6.67 Å². The molecule has 1 N–H and O–H groups in total. The van der Waals surface area contributed by atoms with Crippen molar-refractivity contribution >= 4 is 0 Å². The summed E-state index contributed by atoms with van der Waals surface area (Å²) in [5.41, 5.74) is 0. The molecular formula is C12H23FN2. The zero-order chi connectivity index (χ0) is 10.7. The summed E-state index contributed by atoms with van der Waals surface area (Å²) < 4.78 is 12.2. The van der Waals surface area contributed by atoms with E-state index in [4.69, 9.17) is 0 Å². The van der Waals surface area contributed by atoms with Gasteiger partial charge in [-0.3, -0.25) is 9.29 Å². The molecule has 88 valence electrons. The van der Waals surface area contributed by atoms with Gasteiger partial charge in [-0.05, 0) is 31.6 Å². The predicted octanol–water partition coefficient (Wildman–Crippen LogP) is 1.81. The van der Waals surface area contributed by atoms with Crippen LogP contribution in [0.2, 0.25) is 0 Å². The molecule has 0 bridgehead atoms. The first kappa shape index (κ1) is 11.3. The average molecular weight is 214 g/mol. The molecule has 0 aromatic carbocycles. The molecule has 2 nitrogen and oxygen atoms in total. The van der Waals surface area contributed by atoms with E-state index in [1.807, 2.05) is 0 Å². The first-order valence-electron chi connectivity index (χ1n) is 6.38. The Morgan fingerprint density at radius 1 is 1.40 bits per heavy atom. The molecule has 3 heteroatoms. The van der Waals surface area contributed by atoms with Crippen LogP contribution >= 0.6 is 0 Å². The van der Waals surface area contributed by atoms with Gasteiger partial charge in [0.15, 0.2) is 0 Å². The van der Waals surface area contributed by atoms with Gasteiger partial charge in [0.05, 0.1) is 6.67 Å². The van der Waals surface area contributed by atoms with Gasteiger partial charge in [0.25, 0.3) is 0 Å². The lowest BCUT2D eigenvalue weighted by Gasteiger charge is -2.40. The van der Waals surface area contributed by atoms with E-state index in [1.54, 1.807) is 0 Å². The second-order valence-electron chi connectivity index (χ2n) is 4.95. The minimum Gasteiger partial charge on any atom is -0.311 e. The molecule has 2 atom stereocenters. The van der Waals surface area contributed by atoms with E-state index in [0.717, 1.165) is 25.6 Å². The van der Waals surface area contributed by atoms with E-state index >= 15 is 0 Å². The Morgan fingerprint density at radius 2 is 2.20 bits per heavy atom. The number of alkyl halides is 1. The van der Waals surface area contributed by atoms with Crippen molar-refractivity contribution in [1.29, 1.82) is 0 Å². The molecule has 1 aliphatic heterocycles. The standard InChI is InChI=1S/C12H23FN2/c1-2-11-8-14-12(10-4-5-10)9-15(11)7-3-6-13/h10-12,14H,2-9H2,1H3. The number of nitrogens with one attached hydrogen (secondary N) is 1. The molecule has 2 aliphatic rings. The second kappa shape index (κ2) is 5.26. The fourth-order valence-electron chi connectivity index (χ4n) is 2.64. The molecule has 15 heavy (non-hydrogen) atoms. The summed E-state index contributed by atoms with van der Waals surface area (Å²) in [4.78, 5) is 2.50. The monoisotopic (exact) mass is 214 g/mol. The molecule has 0 radical (unpaired) electrons. The maximum absolute atomic E-state index is 12.2. The van der Waals surface area contributed by atoms with Gasteiger partial charge in [-0.2, -0.15) is 0 Å². The largest absolute Gasteiger partial charge is 0.311 e. The Kier molecular flexibility index (Phi) is 3.98. The van der Waals surface area contributed by atoms with Crippen LogP contribution in [0.15, 0.2) is 0 Å². The summed E-state index contributed by atoms with van der Waals surface area (Å²) in [6.07, 6.45) is 4.67. The van der Waals surface area contributed by atoms with Crippen molar-refractivity contribution < 1.29 is 4.39 Å². The molecule has 0 amide bonds. The highest BCUT2D eigenvalue weighted by molar-refractivity contribution is 4.94. The fourth-order valence-corrected chi connectivity index (χ4v) is 2.64. The summed E-state index contributed by atoms with van der Waals surface area (Å²) in [6.45, 7) is 5.24. The topological polar surface area (TPSA) is 15.3 Å². The summed E-state index contributed by atoms with van der Waals surface area (Å²) in [7, 11) is 0. The van der Waals surface area contributed by atoms with Gasteiger partial charge in [0, 0.05) is 31.7 Å². The molecule has 0 spiro atoms. The van der Waals surface area contributed by atoms with Gasteiger partial charge in [-0.1, -0.05) is 6.92 Å². The van der Waals surface area contributed by atoms with Crippen molar-refractivity contribution in [2.45, 2.75) is 44.7 Å². The van der Waals surface area contributed by atoms with Crippen LogP contribution in [-0.4, -0.2) is 43.3 Å². The molecule has 0 aromatic heterocycles. The van der Waals surface area contributed by atoms with E-state index in [2.05, 4.69) is 17.1 Å². The Labute approximate surface area is 92.2 Å². The smallest absolute Gasteiger partial charge is 0.0906 e. The van der Waals surface area contributed by atoms with Crippen LogP contribution in [0.3, 0.4) is 0 Å². The third-order valence-electron chi connectivity index (χ3n) is 3.80. The number of rotatable bonds is 5. The Hall–Kier alpha value is -0.150. The molecule has 1 saturated heterocycles. The number of hydrogen-bond acceptors (Lipinski definition) is 2. The minimum absolute atomic E-state index is 0.172. The molecular weight excluding hydrogens is 191 g/mol. The van der Waals surface area contributed by atoms with E-state index in [9.17, 15) is 4.39 Å². The highest BCUT2D eigenvalue weighted by Crippen LogP contribution is 2.34.